The van der Waals surface area contributed by atoms with Crippen LogP contribution in [0.4, 0.5) is 5.69 Å². The Balaban J connectivity index is 2.79. The minimum Gasteiger partial charge on any atom is -0.374 e. The maximum absolute atomic E-state index is 3.71. The minimum absolute atomic E-state index is 0.388. The van der Waals surface area contributed by atoms with E-state index in [-0.39, 0.29) is 0 Å². The van der Waals surface area contributed by atoms with Gasteiger partial charge in [-0.3, -0.25) is 0 Å². The van der Waals surface area contributed by atoms with Gasteiger partial charge < -0.3 is 10.2 Å². The molecule has 0 fully saturated rings. The predicted molar refractivity (Wildman–Crippen MR) is 89.0 cm³/mol. The summed E-state index contributed by atoms with van der Waals surface area (Å²) in [6, 6.07) is 7.05. The van der Waals surface area contributed by atoms with Gasteiger partial charge in [0.25, 0.3) is 0 Å². The smallest absolute Gasteiger partial charge is 0.0375 e. The van der Waals surface area contributed by atoms with Gasteiger partial charge in [0.2, 0.25) is 0 Å². The molecule has 0 spiro atoms. The minimum atomic E-state index is 0.388. The Morgan fingerprint density at radius 2 is 1.95 bits per heavy atom. The van der Waals surface area contributed by atoms with Crippen molar-refractivity contribution in [3.8, 4) is 0 Å². The van der Waals surface area contributed by atoms with E-state index in [4.69, 9.17) is 0 Å². The molecule has 1 aromatic carbocycles. The molecule has 0 amide bonds. The first-order valence-electron chi connectivity index (χ1n) is 7.19. The molecule has 3 heteroatoms. The quantitative estimate of drug-likeness (QED) is 0.787. The van der Waals surface area contributed by atoms with Crippen LogP contribution in [0.2, 0.25) is 0 Å². The predicted octanol–water partition coefficient (Wildman–Crippen LogP) is 4.60. The van der Waals surface area contributed by atoms with Crippen LogP contribution in [-0.2, 0) is 0 Å². The highest BCUT2D eigenvalue weighted by Crippen LogP contribution is 2.28. The zero-order chi connectivity index (χ0) is 14.4. The molecule has 1 aromatic rings. The summed E-state index contributed by atoms with van der Waals surface area (Å²) in [7, 11) is 2.15. The third-order valence-corrected chi connectivity index (χ3v) is 3.92. The van der Waals surface area contributed by atoms with E-state index in [1.807, 2.05) is 0 Å². The molecule has 0 aromatic heterocycles. The summed E-state index contributed by atoms with van der Waals surface area (Å²) in [5.74, 6) is 0.675. The van der Waals surface area contributed by atoms with Gasteiger partial charge in [0.1, 0.15) is 0 Å². The number of nitrogens with zero attached hydrogens (tertiary/aromatic N) is 1. The fourth-order valence-electron chi connectivity index (χ4n) is 2.23. The first-order chi connectivity index (χ1) is 8.95. The van der Waals surface area contributed by atoms with Gasteiger partial charge in [-0.2, -0.15) is 0 Å². The molecule has 1 rings (SSSR count). The molecule has 108 valence electrons. The molecule has 0 bridgehead atoms. The van der Waals surface area contributed by atoms with E-state index < -0.39 is 0 Å². The summed E-state index contributed by atoms with van der Waals surface area (Å²) < 4.78 is 1.19. The Hall–Kier alpha value is -0.540. The van der Waals surface area contributed by atoms with Crippen LogP contribution in [-0.4, -0.2) is 20.1 Å². The van der Waals surface area contributed by atoms with E-state index in [1.54, 1.807) is 0 Å². The molecule has 0 saturated carbocycles. The molecular formula is C16H27BrN2. The number of rotatable bonds is 7. The van der Waals surface area contributed by atoms with Crippen molar-refractivity contribution in [1.29, 1.82) is 0 Å². The largest absolute Gasteiger partial charge is 0.374 e. The summed E-state index contributed by atoms with van der Waals surface area (Å²) >= 11 is 3.71. The van der Waals surface area contributed by atoms with E-state index in [0.29, 0.717) is 12.0 Å². The second-order valence-electron chi connectivity index (χ2n) is 5.66. The number of nitrogens with one attached hydrogen (secondary N) is 1. The molecule has 1 N–H and O–H groups in total. The van der Waals surface area contributed by atoms with E-state index in [9.17, 15) is 0 Å². The third-order valence-electron chi connectivity index (χ3n) is 3.23. The van der Waals surface area contributed by atoms with Crippen molar-refractivity contribution in [2.45, 2.75) is 40.2 Å². The summed E-state index contributed by atoms with van der Waals surface area (Å²) in [6.07, 6.45) is 1.16. The lowest BCUT2D eigenvalue weighted by Crippen LogP contribution is -2.23. The molecule has 0 aliphatic rings. The Morgan fingerprint density at radius 1 is 1.26 bits per heavy atom. The fraction of sp³-hybridized carbons (Fsp3) is 0.625. The molecule has 0 heterocycles. The summed E-state index contributed by atoms with van der Waals surface area (Å²) in [4.78, 5) is 2.31. The molecule has 19 heavy (non-hydrogen) atoms. The lowest BCUT2D eigenvalue weighted by atomic mass is 10.1. The third kappa shape index (κ3) is 5.15. The van der Waals surface area contributed by atoms with Gasteiger partial charge in [0, 0.05) is 29.8 Å². The Kier molecular flexibility index (Phi) is 6.87. The summed E-state index contributed by atoms with van der Waals surface area (Å²) in [6.45, 7) is 11.0. The monoisotopic (exact) mass is 326 g/mol. The molecule has 0 aliphatic carbocycles. The van der Waals surface area contributed by atoms with Gasteiger partial charge in [0.15, 0.2) is 0 Å². The van der Waals surface area contributed by atoms with Crippen molar-refractivity contribution >= 4 is 21.6 Å². The molecule has 2 nitrogen and oxygen atoms in total. The number of hydrogen-bond acceptors (Lipinski definition) is 2. The second kappa shape index (κ2) is 7.91. The van der Waals surface area contributed by atoms with Crippen LogP contribution in [0.15, 0.2) is 22.7 Å². The van der Waals surface area contributed by atoms with Crippen LogP contribution >= 0.6 is 15.9 Å². The van der Waals surface area contributed by atoms with Crippen LogP contribution in [0.5, 0.6) is 0 Å². The second-order valence-corrected chi connectivity index (χ2v) is 6.51. The van der Waals surface area contributed by atoms with Crippen LogP contribution in [0.3, 0.4) is 0 Å². The molecule has 0 saturated heterocycles. The zero-order valence-corrected chi connectivity index (χ0v) is 14.4. The van der Waals surface area contributed by atoms with Crippen molar-refractivity contribution in [1.82, 2.24) is 5.32 Å². The maximum Gasteiger partial charge on any atom is 0.0375 e. The highest BCUT2D eigenvalue weighted by Gasteiger charge is 2.11. The van der Waals surface area contributed by atoms with E-state index in [0.717, 1.165) is 19.5 Å². The highest BCUT2D eigenvalue weighted by molar-refractivity contribution is 9.10. The number of anilines is 1. The first-order valence-corrected chi connectivity index (χ1v) is 7.99. The standard InChI is InChI=1S/C16H27BrN2/c1-6-9-18-13(4)15-8-7-14(10-16(15)17)19(5)11-12(2)3/h7-8,10,12-13,18H,6,9,11H2,1-5H3. The summed E-state index contributed by atoms with van der Waals surface area (Å²) in [5.41, 5.74) is 2.60. The zero-order valence-electron chi connectivity index (χ0n) is 12.8. The Bertz CT molecular complexity index is 390. The van der Waals surface area contributed by atoms with Crippen LogP contribution in [0.1, 0.15) is 45.7 Å². The molecule has 0 radical (unpaired) electrons. The van der Waals surface area contributed by atoms with E-state index in [1.165, 1.54) is 15.7 Å². The van der Waals surface area contributed by atoms with E-state index in [2.05, 4.69) is 79.1 Å². The average molecular weight is 327 g/mol. The van der Waals surface area contributed by atoms with Crippen molar-refractivity contribution in [3.05, 3.63) is 28.2 Å². The number of hydrogen-bond donors (Lipinski definition) is 1. The number of benzene rings is 1. The fourth-order valence-corrected chi connectivity index (χ4v) is 2.94. The first kappa shape index (κ1) is 16.5. The summed E-state index contributed by atoms with van der Waals surface area (Å²) in [5, 5.41) is 3.53. The lowest BCUT2D eigenvalue weighted by molar-refractivity contribution is 0.569. The average Bonchev–Trinajstić information content (AvgIpc) is 2.34. The lowest BCUT2D eigenvalue weighted by Gasteiger charge is -2.23. The van der Waals surface area contributed by atoms with Gasteiger partial charge in [0.05, 0.1) is 0 Å². The van der Waals surface area contributed by atoms with Gasteiger partial charge in [-0.25, -0.2) is 0 Å². The van der Waals surface area contributed by atoms with E-state index >= 15 is 0 Å². The van der Waals surface area contributed by atoms with Gasteiger partial charge >= 0.3 is 0 Å². The Labute approximate surface area is 126 Å². The van der Waals surface area contributed by atoms with Crippen molar-refractivity contribution in [3.63, 3.8) is 0 Å². The number of halogens is 1. The Morgan fingerprint density at radius 3 is 2.47 bits per heavy atom. The van der Waals surface area contributed by atoms with Gasteiger partial charge in [-0.1, -0.05) is 42.8 Å². The van der Waals surface area contributed by atoms with Crippen LogP contribution < -0.4 is 10.2 Å². The van der Waals surface area contributed by atoms with Crippen LogP contribution in [0.25, 0.3) is 0 Å². The van der Waals surface area contributed by atoms with Crippen molar-refractivity contribution in [2.75, 3.05) is 25.0 Å². The highest BCUT2D eigenvalue weighted by atomic mass is 79.9. The molecular weight excluding hydrogens is 300 g/mol. The molecule has 1 atom stereocenters. The normalized spacial score (nSPS) is 12.8. The maximum atomic E-state index is 3.71. The molecule has 1 unspecified atom stereocenters. The van der Waals surface area contributed by atoms with Crippen LogP contribution in [0, 0.1) is 5.92 Å². The topological polar surface area (TPSA) is 15.3 Å². The van der Waals surface area contributed by atoms with Crippen molar-refractivity contribution in [2.24, 2.45) is 5.92 Å². The molecule has 0 aliphatic heterocycles. The SMILES string of the molecule is CCCNC(C)c1ccc(N(C)CC(C)C)cc1Br. The van der Waals surface area contributed by atoms with Gasteiger partial charge in [-0.05, 0) is 43.5 Å². The van der Waals surface area contributed by atoms with Crippen molar-refractivity contribution < 1.29 is 0 Å². The van der Waals surface area contributed by atoms with Gasteiger partial charge in [-0.15, -0.1) is 0 Å².